The van der Waals surface area contributed by atoms with Crippen molar-refractivity contribution in [3.05, 3.63) is 64.0 Å². The average Bonchev–Trinajstić information content (AvgIpc) is 3.37. The highest BCUT2D eigenvalue weighted by Gasteiger charge is 2.28. The first-order chi connectivity index (χ1) is 16.6. The minimum absolute atomic E-state index is 0.0130. The number of likely N-dealkylation sites (N-methyl/N-ethyl adjacent to an activating group) is 1. The molecule has 0 spiro atoms. The van der Waals surface area contributed by atoms with Crippen molar-refractivity contribution < 1.29 is 14.3 Å². The Labute approximate surface area is 204 Å². The van der Waals surface area contributed by atoms with E-state index in [0.717, 1.165) is 30.8 Å². The van der Waals surface area contributed by atoms with Gasteiger partial charge in [0.25, 0.3) is 5.91 Å². The number of fused-ring (bicyclic) bond motifs is 1. The number of rotatable bonds is 10. The number of aromatic nitrogens is 2. The van der Waals surface area contributed by atoms with Gasteiger partial charge in [-0.2, -0.15) is 4.98 Å². The Morgan fingerprint density at radius 1 is 1.18 bits per heavy atom. The molecule has 0 fully saturated rings. The topological polar surface area (TPSA) is 79.8 Å². The van der Waals surface area contributed by atoms with Crippen LogP contribution in [0.3, 0.4) is 0 Å². The van der Waals surface area contributed by atoms with Crippen molar-refractivity contribution in [3.8, 4) is 11.8 Å². The maximum atomic E-state index is 13.3. The number of nitrogens with zero attached hydrogens (tertiary/aromatic N) is 4. The van der Waals surface area contributed by atoms with Gasteiger partial charge >= 0.3 is 6.01 Å². The first kappa shape index (κ1) is 24.0. The fraction of sp³-hybridized carbons (Fsp3) is 0.400. The van der Waals surface area contributed by atoms with Crippen LogP contribution < -0.4 is 19.7 Å². The van der Waals surface area contributed by atoms with E-state index in [0.29, 0.717) is 31.0 Å². The summed E-state index contributed by atoms with van der Waals surface area (Å²) >= 11 is 1.71. The van der Waals surface area contributed by atoms with Crippen molar-refractivity contribution in [2.75, 3.05) is 45.2 Å². The third kappa shape index (κ3) is 5.48. The van der Waals surface area contributed by atoms with Crippen molar-refractivity contribution in [1.82, 2.24) is 20.2 Å². The van der Waals surface area contributed by atoms with E-state index in [-0.39, 0.29) is 18.0 Å². The van der Waals surface area contributed by atoms with E-state index in [1.54, 1.807) is 17.5 Å². The Morgan fingerprint density at radius 2 is 1.97 bits per heavy atom. The monoisotopic (exact) mass is 481 g/mol. The summed E-state index contributed by atoms with van der Waals surface area (Å²) in [4.78, 5) is 27.1. The van der Waals surface area contributed by atoms with E-state index in [1.807, 2.05) is 36.2 Å². The van der Waals surface area contributed by atoms with Gasteiger partial charge in [0.2, 0.25) is 0 Å². The van der Waals surface area contributed by atoms with Gasteiger partial charge in [-0.05, 0) is 49.7 Å². The minimum atomic E-state index is -0.0706. The van der Waals surface area contributed by atoms with Gasteiger partial charge in [-0.25, -0.2) is 4.98 Å². The number of anilines is 1. The van der Waals surface area contributed by atoms with Crippen molar-refractivity contribution in [3.63, 3.8) is 0 Å². The van der Waals surface area contributed by atoms with Crippen LogP contribution in [0.4, 0.5) is 5.82 Å². The number of hydrogen-bond acceptors (Lipinski definition) is 8. The lowest BCUT2D eigenvalue weighted by atomic mass is 10.1. The highest BCUT2D eigenvalue weighted by molar-refractivity contribution is 7.10. The zero-order chi connectivity index (χ0) is 23.9. The van der Waals surface area contributed by atoms with Gasteiger partial charge in [0.15, 0.2) is 0 Å². The molecule has 0 saturated carbocycles. The van der Waals surface area contributed by atoms with Crippen LogP contribution in [0.1, 0.15) is 40.2 Å². The van der Waals surface area contributed by atoms with Crippen LogP contribution in [-0.2, 0) is 6.54 Å². The zero-order valence-corrected chi connectivity index (χ0v) is 20.7. The van der Waals surface area contributed by atoms with Crippen LogP contribution in [-0.4, -0.2) is 61.1 Å². The molecule has 1 N–H and O–H groups in total. The summed E-state index contributed by atoms with van der Waals surface area (Å²) in [5, 5.41) is 5.27. The second-order valence-electron chi connectivity index (χ2n) is 8.06. The van der Waals surface area contributed by atoms with E-state index < -0.39 is 0 Å². The van der Waals surface area contributed by atoms with Crippen molar-refractivity contribution in [2.45, 2.75) is 26.0 Å². The predicted octanol–water partition coefficient (Wildman–Crippen LogP) is 3.76. The Kier molecular flexibility index (Phi) is 7.97. The summed E-state index contributed by atoms with van der Waals surface area (Å²) in [5.41, 5.74) is 1.55. The van der Waals surface area contributed by atoms with E-state index in [4.69, 9.17) is 9.47 Å². The van der Waals surface area contributed by atoms with Crippen LogP contribution in [0, 0.1) is 0 Å². The molecule has 1 unspecified atom stereocenters. The van der Waals surface area contributed by atoms with Gasteiger partial charge in [-0.1, -0.05) is 18.2 Å². The first-order valence-corrected chi connectivity index (χ1v) is 12.4. The number of hydrogen-bond donors (Lipinski definition) is 1. The standard InChI is InChI=1S/C25H31N5O3S/c1-4-29-13-14-30(24(31)20-16-27-25(32-3)28-23(20)29)17-18-7-9-19(10-8-18)33-21(11-12-26-2)22-6-5-15-34-22/h5-10,15-16,21,26H,4,11-14,17H2,1-3H3. The molecule has 3 heterocycles. The fourth-order valence-corrected chi connectivity index (χ4v) is 4.78. The van der Waals surface area contributed by atoms with Gasteiger partial charge in [0.1, 0.15) is 23.2 Å². The number of carbonyl (C=O) groups excluding carboxylic acids is 1. The van der Waals surface area contributed by atoms with E-state index in [2.05, 4.69) is 44.6 Å². The Morgan fingerprint density at radius 3 is 2.65 bits per heavy atom. The normalized spacial score (nSPS) is 14.5. The summed E-state index contributed by atoms with van der Waals surface area (Å²) in [7, 11) is 3.48. The van der Waals surface area contributed by atoms with Crippen molar-refractivity contribution in [2.24, 2.45) is 0 Å². The fourth-order valence-electron chi connectivity index (χ4n) is 3.99. The lowest BCUT2D eigenvalue weighted by molar-refractivity contribution is 0.0754. The summed E-state index contributed by atoms with van der Waals surface area (Å²) in [5.74, 6) is 1.38. The third-order valence-corrected chi connectivity index (χ3v) is 6.82. The quantitative estimate of drug-likeness (QED) is 0.472. The van der Waals surface area contributed by atoms with E-state index >= 15 is 0 Å². The molecule has 1 aromatic carbocycles. The van der Waals surface area contributed by atoms with Crippen molar-refractivity contribution >= 4 is 23.1 Å². The Hall–Kier alpha value is -3.17. The van der Waals surface area contributed by atoms with Gasteiger partial charge in [-0.15, -0.1) is 11.3 Å². The van der Waals surface area contributed by atoms with Crippen LogP contribution >= 0.6 is 11.3 Å². The molecule has 1 aliphatic heterocycles. The maximum absolute atomic E-state index is 13.3. The van der Waals surface area contributed by atoms with Crippen LogP contribution in [0.2, 0.25) is 0 Å². The van der Waals surface area contributed by atoms with Crippen molar-refractivity contribution in [1.29, 1.82) is 0 Å². The first-order valence-electron chi connectivity index (χ1n) is 11.5. The second-order valence-corrected chi connectivity index (χ2v) is 9.04. The molecule has 1 amide bonds. The molecule has 0 aliphatic carbocycles. The highest BCUT2D eigenvalue weighted by Crippen LogP contribution is 2.29. The summed E-state index contributed by atoms with van der Waals surface area (Å²) < 4.78 is 11.5. The molecule has 1 atom stereocenters. The molecule has 9 heteroatoms. The zero-order valence-electron chi connectivity index (χ0n) is 19.9. The van der Waals surface area contributed by atoms with Gasteiger partial charge < -0.3 is 24.6 Å². The lowest BCUT2D eigenvalue weighted by Crippen LogP contribution is -2.34. The van der Waals surface area contributed by atoms with Crippen LogP contribution in [0.15, 0.2) is 48.0 Å². The number of nitrogens with one attached hydrogen (secondary N) is 1. The highest BCUT2D eigenvalue weighted by atomic mass is 32.1. The Balaban J connectivity index is 1.46. The van der Waals surface area contributed by atoms with Gasteiger partial charge in [-0.3, -0.25) is 4.79 Å². The molecule has 0 radical (unpaired) electrons. The number of amides is 1. The van der Waals surface area contributed by atoms with Crippen LogP contribution in [0.5, 0.6) is 11.8 Å². The minimum Gasteiger partial charge on any atom is -0.485 e. The lowest BCUT2D eigenvalue weighted by Gasteiger charge is -2.22. The van der Waals surface area contributed by atoms with Gasteiger partial charge in [0, 0.05) is 43.7 Å². The maximum Gasteiger partial charge on any atom is 0.318 e. The average molecular weight is 482 g/mol. The van der Waals surface area contributed by atoms with E-state index in [1.165, 1.54) is 12.0 Å². The summed E-state index contributed by atoms with van der Waals surface area (Å²) in [6, 6.07) is 12.5. The predicted molar refractivity (Wildman–Crippen MR) is 134 cm³/mol. The van der Waals surface area contributed by atoms with Gasteiger partial charge in [0.05, 0.1) is 7.11 Å². The molecule has 180 valence electrons. The van der Waals surface area contributed by atoms with E-state index in [9.17, 15) is 4.79 Å². The Bertz CT molecular complexity index is 1070. The van der Waals surface area contributed by atoms with Crippen LogP contribution in [0.25, 0.3) is 0 Å². The number of benzene rings is 1. The largest absolute Gasteiger partial charge is 0.485 e. The molecular formula is C25H31N5O3S. The smallest absolute Gasteiger partial charge is 0.318 e. The molecular weight excluding hydrogens is 450 g/mol. The molecule has 34 heavy (non-hydrogen) atoms. The molecule has 1 aliphatic rings. The SMILES string of the molecule is CCN1CCN(Cc2ccc(OC(CCNC)c3cccs3)cc2)C(=O)c2cnc(OC)nc21. The third-order valence-electron chi connectivity index (χ3n) is 5.86. The molecule has 2 aromatic heterocycles. The number of carbonyl (C=O) groups is 1. The molecule has 0 bridgehead atoms. The molecule has 8 nitrogen and oxygen atoms in total. The molecule has 3 aromatic rings. The summed E-state index contributed by atoms with van der Waals surface area (Å²) in [6.07, 6.45) is 2.47. The summed E-state index contributed by atoms with van der Waals surface area (Å²) in [6.45, 7) is 5.50. The molecule has 0 saturated heterocycles. The molecule has 4 rings (SSSR count). The second kappa shape index (κ2) is 11.3. The number of thiophene rings is 1. The number of ether oxygens (including phenoxy) is 2. The number of methoxy groups -OCH3 is 1.